The van der Waals surface area contributed by atoms with E-state index in [2.05, 4.69) is 9.88 Å². The second kappa shape index (κ2) is 9.39. The van der Waals surface area contributed by atoms with E-state index in [0.29, 0.717) is 18.7 Å². The summed E-state index contributed by atoms with van der Waals surface area (Å²) in [6, 6.07) is 3.27. The van der Waals surface area contributed by atoms with Crippen molar-refractivity contribution in [1.29, 1.82) is 5.26 Å². The molecule has 1 fully saturated rings. The van der Waals surface area contributed by atoms with Crippen molar-refractivity contribution in [3.05, 3.63) is 28.6 Å². The molecule has 2 atom stereocenters. The first-order chi connectivity index (χ1) is 13.7. The Kier molecular flexibility index (Phi) is 7.18. The third-order valence-electron chi connectivity index (χ3n) is 4.77. The van der Waals surface area contributed by atoms with Crippen LogP contribution in [0.3, 0.4) is 0 Å². The average molecular weight is 402 g/mol. The van der Waals surface area contributed by atoms with Gasteiger partial charge in [-0.2, -0.15) is 5.26 Å². The monoisotopic (exact) mass is 402 g/mol. The van der Waals surface area contributed by atoms with E-state index in [0.717, 1.165) is 16.3 Å². The lowest BCUT2D eigenvalue weighted by Crippen LogP contribution is -2.41. The van der Waals surface area contributed by atoms with Crippen molar-refractivity contribution in [3.8, 4) is 6.07 Å². The van der Waals surface area contributed by atoms with E-state index in [-0.39, 0.29) is 18.2 Å². The molecule has 2 heterocycles. The van der Waals surface area contributed by atoms with Crippen molar-refractivity contribution in [2.24, 2.45) is 0 Å². The van der Waals surface area contributed by atoms with Gasteiger partial charge < -0.3 is 19.4 Å². The summed E-state index contributed by atoms with van der Waals surface area (Å²) in [5.74, 6) is -1.54. The number of hydrogen-bond donors (Lipinski definition) is 1. The van der Waals surface area contributed by atoms with Crippen LogP contribution in [0, 0.1) is 25.2 Å². The number of nitriles is 1. The highest BCUT2D eigenvalue weighted by Crippen LogP contribution is 2.23. The number of ether oxygens (including phenoxy) is 2. The number of amides is 3. The molecule has 0 saturated carbocycles. The number of carbonyl (C=O) groups is 3. The number of esters is 1. The van der Waals surface area contributed by atoms with Crippen molar-refractivity contribution in [3.63, 3.8) is 0 Å². The number of aromatic nitrogens is 1. The van der Waals surface area contributed by atoms with Gasteiger partial charge in [-0.1, -0.05) is 0 Å². The van der Waals surface area contributed by atoms with Gasteiger partial charge in [-0.25, -0.2) is 9.59 Å². The molecule has 0 spiro atoms. The molecule has 1 aliphatic heterocycles. The molecule has 0 bridgehead atoms. The number of urea groups is 1. The summed E-state index contributed by atoms with van der Waals surface area (Å²) in [4.78, 5) is 37.3. The standard InChI is InChI=1S/C20H26N4O5/c1-12-8-16(14(3)24(12)13(2)11-28-5)9-17(10-21)19(26)29-15(4)18(25)23-7-6-22-20(23)27/h8-9,13,15H,6-7,11H2,1-5H3,(H,22,27)/b17-9+/t13-,15-/m1/s1. The van der Waals surface area contributed by atoms with Crippen LogP contribution in [-0.2, 0) is 19.1 Å². The SMILES string of the molecule is COC[C@@H](C)n1c(C)cc(/C=C(\C#N)C(=O)O[C@H](C)C(=O)N2CCNC2=O)c1C. The third kappa shape index (κ3) is 4.84. The molecular weight excluding hydrogens is 376 g/mol. The van der Waals surface area contributed by atoms with Crippen LogP contribution in [-0.4, -0.2) is 60.3 Å². The van der Waals surface area contributed by atoms with Crippen LogP contribution in [0.5, 0.6) is 0 Å². The highest BCUT2D eigenvalue weighted by Gasteiger charge is 2.32. The van der Waals surface area contributed by atoms with Gasteiger partial charge in [0.15, 0.2) is 6.10 Å². The molecular formula is C20H26N4O5. The molecule has 1 N–H and O–H groups in total. The van der Waals surface area contributed by atoms with Crippen molar-refractivity contribution in [1.82, 2.24) is 14.8 Å². The van der Waals surface area contributed by atoms with Gasteiger partial charge in [0.25, 0.3) is 5.91 Å². The highest BCUT2D eigenvalue weighted by atomic mass is 16.5. The second-order valence-electron chi connectivity index (χ2n) is 6.94. The fourth-order valence-corrected chi connectivity index (χ4v) is 3.41. The van der Waals surface area contributed by atoms with Gasteiger partial charge in [0, 0.05) is 31.6 Å². The van der Waals surface area contributed by atoms with Crippen LogP contribution < -0.4 is 5.32 Å². The van der Waals surface area contributed by atoms with Crippen molar-refractivity contribution < 1.29 is 23.9 Å². The molecule has 2 rings (SSSR count). The van der Waals surface area contributed by atoms with Crippen LogP contribution >= 0.6 is 0 Å². The van der Waals surface area contributed by atoms with E-state index in [1.165, 1.54) is 13.0 Å². The Labute approximate surface area is 169 Å². The zero-order valence-electron chi connectivity index (χ0n) is 17.3. The minimum atomic E-state index is -1.18. The molecule has 0 unspecified atom stereocenters. The first kappa shape index (κ1) is 22.2. The van der Waals surface area contributed by atoms with Gasteiger partial charge in [0.05, 0.1) is 12.6 Å². The summed E-state index contributed by atoms with van der Waals surface area (Å²) >= 11 is 0. The minimum Gasteiger partial charge on any atom is -0.448 e. The summed E-state index contributed by atoms with van der Waals surface area (Å²) < 4.78 is 12.4. The maximum absolute atomic E-state index is 12.4. The average Bonchev–Trinajstić information content (AvgIpc) is 3.21. The topological polar surface area (TPSA) is 114 Å². The van der Waals surface area contributed by atoms with E-state index < -0.39 is 24.0 Å². The van der Waals surface area contributed by atoms with Gasteiger partial charge in [-0.3, -0.25) is 9.69 Å². The Hall–Kier alpha value is -3.12. The van der Waals surface area contributed by atoms with E-state index in [1.54, 1.807) is 7.11 Å². The predicted molar refractivity (Wildman–Crippen MR) is 105 cm³/mol. The molecule has 9 heteroatoms. The highest BCUT2D eigenvalue weighted by molar-refractivity contribution is 6.02. The Morgan fingerprint density at radius 2 is 2.07 bits per heavy atom. The maximum atomic E-state index is 12.4. The van der Waals surface area contributed by atoms with Crippen LogP contribution in [0.4, 0.5) is 4.79 Å². The summed E-state index contributed by atoms with van der Waals surface area (Å²) in [5, 5.41) is 11.9. The Morgan fingerprint density at radius 1 is 1.38 bits per heavy atom. The predicted octanol–water partition coefficient (Wildman–Crippen LogP) is 1.70. The number of carbonyl (C=O) groups excluding carboxylic acids is 3. The van der Waals surface area contributed by atoms with Crippen LogP contribution in [0.25, 0.3) is 6.08 Å². The number of rotatable bonds is 7. The molecule has 1 saturated heterocycles. The van der Waals surface area contributed by atoms with Gasteiger partial charge in [0.1, 0.15) is 11.6 Å². The van der Waals surface area contributed by atoms with E-state index in [1.807, 2.05) is 32.9 Å². The fourth-order valence-electron chi connectivity index (χ4n) is 3.41. The smallest absolute Gasteiger partial charge is 0.349 e. The molecule has 0 radical (unpaired) electrons. The zero-order chi connectivity index (χ0) is 21.7. The lowest BCUT2D eigenvalue weighted by Gasteiger charge is -2.18. The third-order valence-corrected chi connectivity index (χ3v) is 4.77. The number of nitrogens with one attached hydrogen (secondary N) is 1. The summed E-state index contributed by atoms with van der Waals surface area (Å²) in [6.07, 6.45) is 0.262. The van der Waals surface area contributed by atoms with Crippen LogP contribution in [0.1, 0.15) is 36.8 Å². The van der Waals surface area contributed by atoms with E-state index in [4.69, 9.17) is 9.47 Å². The minimum absolute atomic E-state index is 0.0869. The molecule has 1 aromatic heterocycles. The summed E-state index contributed by atoms with van der Waals surface area (Å²) in [5.41, 5.74) is 2.32. The Morgan fingerprint density at radius 3 is 2.62 bits per heavy atom. The molecule has 1 aromatic rings. The molecule has 0 aliphatic carbocycles. The molecule has 3 amide bonds. The molecule has 9 nitrogen and oxygen atoms in total. The lowest BCUT2D eigenvalue weighted by atomic mass is 10.1. The van der Waals surface area contributed by atoms with E-state index >= 15 is 0 Å². The van der Waals surface area contributed by atoms with Crippen molar-refractivity contribution in [2.75, 3.05) is 26.8 Å². The van der Waals surface area contributed by atoms with Crippen LogP contribution in [0.2, 0.25) is 0 Å². The Balaban J connectivity index is 2.18. The molecule has 29 heavy (non-hydrogen) atoms. The van der Waals surface area contributed by atoms with E-state index in [9.17, 15) is 19.6 Å². The largest absolute Gasteiger partial charge is 0.448 e. The summed E-state index contributed by atoms with van der Waals surface area (Å²) in [7, 11) is 1.63. The Bertz CT molecular complexity index is 880. The van der Waals surface area contributed by atoms with Crippen LogP contribution in [0.15, 0.2) is 11.6 Å². The summed E-state index contributed by atoms with van der Waals surface area (Å²) in [6.45, 7) is 8.30. The normalized spacial score (nSPS) is 16.2. The maximum Gasteiger partial charge on any atom is 0.349 e. The number of nitrogens with zero attached hydrogens (tertiary/aromatic N) is 3. The zero-order valence-corrected chi connectivity index (χ0v) is 17.3. The number of imide groups is 1. The number of aryl methyl sites for hydroxylation is 1. The van der Waals surface area contributed by atoms with Crippen molar-refractivity contribution in [2.45, 2.75) is 39.8 Å². The quantitative estimate of drug-likeness (QED) is 0.422. The lowest BCUT2D eigenvalue weighted by molar-refractivity contribution is -0.153. The molecule has 0 aromatic carbocycles. The first-order valence-corrected chi connectivity index (χ1v) is 9.30. The second-order valence-corrected chi connectivity index (χ2v) is 6.94. The van der Waals surface area contributed by atoms with Crippen molar-refractivity contribution >= 4 is 24.0 Å². The molecule has 1 aliphatic rings. The van der Waals surface area contributed by atoms with Gasteiger partial charge >= 0.3 is 12.0 Å². The van der Waals surface area contributed by atoms with Gasteiger partial charge in [0.2, 0.25) is 0 Å². The molecule has 156 valence electrons. The van der Waals surface area contributed by atoms with Gasteiger partial charge in [-0.15, -0.1) is 0 Å². The van der Waals surface area contributed by atoms with Gasteiger partial charge in [-0.05, 0) is 45.4 Å². The first-order valence-electron chi connectivity index (χ1n) is 9.30. The number of hydrogen-bond acceptors (Lipinski definition) is 6. The fraction of sp³-hybridized carbons (Fsp3) is 0.500. The number of methoxy groups -OCH3 is 1.